The smallest absolute Gasteiger partial charge is 0.407 e. The summed E-state index contributed by atoms with van der Waals surface area (Å²) in [5.74, 6) is -0.167. The van der Waals surface area contributed by atoms with Crippen LogP contribution in [0, 0.1) is 0 Å². The van der Waals surface area contributed by atoms with Crippen LogP contribution in [0.1, 0.15) is 15.9 Å². The third kappa shape index (κ3) is 5.28. The van der Waals surface area contributed by atoms with E-state index in [2.05, 4.69) is 10.6 Å². The second kappa shape index (κ2) is 8.46. The van der Waals surface area contributed by atoms with E-state index in [1.807, 2.05) is 36.4 Å². The molecule has 22 heavy (non-hydrogen) atoms. The van der Waals surface area contributed by atoms with Crippen molar-refractivity contribution in [2.24, 2.45) is 0 Å². The largest absolute Gasteiger partial charge is 0.445 e. The van der Waals surface area contributed by atoms with Crippen molar-refractivity contribution in [2.45, 2.75) is 6.61 Å². The van der Waals surface area contributed by atoms with Crippen molar-refractivity contribution in [2.75, 3.05) is 13.1 Å². The Morgan fingerprint density at radius 2 is 1.41 bits per heavy atom. The molecule has 0 bridgehead atoms. The zero-order valence-corrected chi connectivity index (χ0v) is 12.1. The van der Waals surface area contributed by atoms with Gasteiger partial charge in [-0.15, -0.1) is 0 Å². The third-order valence-corrected chi connectivity index (χ3v) is 2.93. The zero-order valence-electron chi connectivity index (χ0n) is 12.1. The summed E-state index contributed by atoms with van der Waals surface area (Å²) in [6.07, 6.45) is -0.502. The first-order chi connectivity index (χ1) is 10.8. The minimum Gasteiger partial charge on any atom is -0.445 e. The first kappa shape index (κ1) is 15.6. The molecule has 5 heteroatoms. The number of rotatable bonds is 6. The summed E-state index contributed by atoms with van der Waals surface area (Å²) in [6, 6.07) is 18.3. The van der Waals surface area contributed by atoms with Gasteiger partial charge in [-0.2, -0.15) is 0 Å². The molecule has 0 fully saturated rings. The van der Waals surface area contributed by atoms with Crippen molar-refractivity contribution < 1.29 is 14.3 Å². The van der Waals surface area contributed by atoms with E-state index in [4.69, 9.17) is 4.74 Å². The quantitative estimate of drug-likeness (QED) is 0.804. The van der Waals surface area contributed by atoms with Crippen LogP contribution < -0.4 is 10.6 Å². The van der Waals surface area contributed by atoms with Crippen LogP contribution in [0.3, 0.4) is 0 Å². The van der Waals surface area contributed by atoms with Crippen LogP contribution in [0.4, 0.5) is 4.79 Å². The highest BCUT2D eigenvalue weighted by atomic mass is 16.5. The van der Waals surface area contributed by atoms with Crippen LogP contribution in [0.15, 0.2) is 60.7 Å². The van der Waals surface area contributed by atoms with E-state index in [1.165, 1.54) is 0 Å². The molecule has 0 aliphatic rings. The molecule has 2 aromatic carbocycles. The monoisotopic (exact) mass is 298 g/mol. The van der Waals surface area contributed by atoms with Crippen molar-refractivity contribution in [1.29, 1.82) is 0 Å². The van der Waals surface area contributed by atoms with E-state index in [1.54, 1.807) is 24.3 Å². The average molecular weight is 298 g/mol. The van der Waals surface area contributed by atoms with Gasteiger partial charge in [0, 0.05) is 18.7 Å². The molecular formula is C17H18N2O3. The average Bonchev–Trinajstić information content (AvgIpc) is 2.58. The number of benzene rings is 2. The number of ether oxygens (including phenoxy) is 1. The highest BCUT2D eigenvalue weighted by Gasteiger charge is 2.04. The Balaban J connectivity index is 1.60. The molecule has 2 aromatic rings. The molecule has 0 aromatic heterocycles. The second-order valence-electron chi connectivity index (χ2n) is 4.61. The maximum Gasteiger partial charge on any atom is 0.407 e. The van der Waals surface area contributed by atoms with Crippen molar-refractivity contribution in [3.05, 3.63) is 71.8 Å². The van der Waals surface area contributed by atoms with Gasteiger partial charge >= 0.3 is 6.09 Å². The maximum atomic E-state index is 11.7. The van der Waals surface area contributed by atoms with Gasteiger partial charge in [-0.25, -0.2) is 4.79 Å². The summed E-state index contributed by atoms with van der Waals surface area (Å²) in [5.41, 5.74) is 1.52. The number of hydrogen-bond donors (Lipinski definition) is 2. The predicted molar refractivity (Wildman–Crippen MR) is 83.4 cm³/mol. The minimum atomic E-state index is -0.502. The van der Waals surface area contributed by atoms with Crippen LogP contribution in [0.5, 0.6) is 0 Å². The standard InChI is InChI=1S/C17H18N2O3/c20-16(15-9-5-2-6-10-15)18-11-12-19-17(21)22-13-14-7-3-1-4-8-14/h1-10H,11-13H2,(H,18,20)(H,19,21). The molecule has 2 rings (SSSR count). The van der Waals surface area contributed by atoms with Gasteiger partial charge in [0.25, 0.3) is 5.91 Å². The molecule has 0 atom stereocenters. The van der Waals surface area contributed by atoms with Gasteiger partial charge in [-0.1, -0.05) is 48.5 Å². The highest BCUT2D eigenvalue weighted by molar-refractivity contribution is 5.94. The minimum absolute atomic E-state index is 0.167. The summed E-state index contributed by atoms with van der Waals surface area (Å²) >= 11 is 0. The van der Waals surface area contributed by atoms with Crippen LogP contribution in [0.2, 0.25) is 0 Å². The third-order valence-electron chi connectivity index (χ3n) is 2.93. The van der Waals surface area contributed by atoms with E-state index in [9.17, 15) is 9.59 Å². The number of hydrogen-bond acceptors (Lipinski definition) is 3. The molecule has 0 unspecified atom stereocenters. The zero-order chi connectivity index (χ0) is 15.6. The Hall–Kier alpha value is -2.82. The number of nitrogens with one attached hydrogen (secondary N) is 2. The van der Waals surface area contributed by atoms with Crippen LogP contribution in [0.25, 0.3) is 0 Å². The van der Waals surface area contributed by atoms with Crippen molar-refractivity contribution >= 4 is 12.0 Å². The van der Waals surface area contributed by atoms with Crippen LogP contribution >= 0.6 is 0 Å². The highest BCUT2D eigenvalue weighted by Crippen LogP contribution is 2.00. The molecular weight excluding hydrogens is 280 g/mol. The normalized spacial score (nSPS) is 9.82. The molecule has 0 aliphatic carbocycles. The Morgan fingerprint density at radius 3 is 2.09 bits per heavy atom. The summed E-state index contributed by atoms with van der Waals surface area (Å²) < 4.78 is 5.06. The molecule has 0 saturated carbocycles. The van der Waals surface area contributed by atoms with Gasteiger partial charge in [-0.05, 0) is 17.7 Å². The topological polar surface area (TPSA) is 67.4 Å². The molecule has 2 N–H and O–H groups in total. The lowest BCUT2D eigenvalue weighted by molar-refractivity contribution is 0.0951. The van der Waals surface area contributed by atoms with Crippen LogP contribution in [-0.4, -0.2) is 25.1 Å². The lowest BCUT2D eigenvalue weighted by Crippen LogP contribution is -2.34. The fourth-order valence-corrected chi connectivity index (χ4v) is 1.81. The molecule has 114 valence electrons. The fraction of sp³-hybridized carbons (Fsp3) is 0.176. The summed E-state index contributed by atoms with van der Waals surface area (Å²) in [5, 5.41) is 5.30. The lowest BCUT2D eigenvalue weighted by Gasteiger charge is -2.08. The Morgan fingerprint density at radius 1 is 0.818 bits per heavy atom. The van der Waals surface area contributed by atoms with Crippen molar-refractivity contribution in [1.82, 2.24) is 10.6 Å². The SMILES string of the molecule is O=C(NCCNC(=O)c1ccccc1)OCc1ccccc1. The van der Waals surface area contributed by atoms with Crippen molar-refractivity contribution in [3.8, 4) is 0 Å². The van der Waals surface area contributed by atoms with Crippen molar-refractivity contribution in [3.63, 3.8) is 0 Å². The lowest BCUT2D eigenvalue weighted by atomic mass is 10.2. The molecule has 2 amide bonds. The van der Waals surface area contributed by atoms with E-state index >= 15 is 0 Å². The predicted octanol–water partition coefficient (Wildman–Crippen LogP) is 2.34. The fourth-order valence-electron chi connectivity index (χ4n) is 1.81. The van der Waals surface area contributed by atoms with Gasteiger partial charge in [0.2, 0.25) is 0 Å². The summed E-state index contributed by atoms with van der Waals surface area (Å²) in [6.45, 7) is 0.878. The summed E-state index contributed by atoms with van der Waals surface area (Å²) in [7, 11) is 0. The first-order valence-electron chi connectivity index (χ1n) is 7.03. The van der Waals surface area contributed by atoms with Gasteiger partial charge in [0.15, 0.2) is 0 Å². The van der Waals surface area contributed by atoms with E-state index < -0.39 is 6.09 Å². The number of carbonyl (C=O) groups excluding carboxylic acids is 2. The number of amides is 2. The Kier molecular flexibility index (Phi) is 5.99. The van der Waals surface area contributed by atoms with Gasteiger partial charge in [0.05, 0.1) is 0 Å². The second-order valence-corrected chi connectivity index (χ2v) is 4.61. The molecule has 0 saturated heterocycles. The Bertz CT molecular complexity index is 600. The van der Waals surface area contributed by atoms with Gasteiger partial charge in [0.1, 0.15) is 6.61 Å². The van der Waals surface area contributed by atoms with E-state index in [0.717, 1.165) is 5.56 Å². The van der Waals surface area contributed by atoms with E-state index in [-0.39, 0.29) is 12.5 Å². The number of alkyl carbamates (subject to hydrolysis) is 1. The molecule has 5 nitrogen and oxygen atoms in total. The van der Waals surface area contributed by atoms with Gasteiger partial charge < -0.3 is 15.4 Å². The first-order valence-corrected chi connectivity index (χ1v) is 7.03. The van der Waals surface area contributed by atoms with E-state index in [0.29, 0.717) is 18.7 Å². The van der Waals surface area contributed by atoms with Crippen LogP contribution in [-0.2, 0) is 11.3 Å². The number of carbonyl (C=O) groups is 2. The van der Waals surface area contributed by atoms with Gasteiger partial charge in [-0.3, -0.25) is 4.79 Å². The molecule has 0 spiro atoms. The molecule has 0 aliphatic heterocycles. The Labute approximate surface area is 129 Å². The summed E-state index contributed by atoms with van der Waals surface area (Å²) in [4.78, 5) is 23.2. The molecule has 0 heterocycles. The molecule has 0 radical (unpaired) electrons. The maximum absolute atomic E-state index is 11.7.